The van der Waals surface area contributed by atoms with E-state index in [9.17, 15) is 4.79 Å². The predicted molar refractivity (Wildman–Crippen MR) is 129 cm³/mol. The van der Waals surface area contributed by atoms with Crippen LogP contribution in [0.15, 0.2) is 65.8 Å². The quantitative estimate of drug-likeness (QED) is 0.311. The van der Waals surface area contributed by atoms with Crippen molar-refractivity contribution in [3.05, 3.63) is 77.1 Å². The summed E-state index contributed by atoms with van der Waals surface area (Å²) in [4.78, 5) is 25.0. The van der Waals surface area contributed by atoms with Crippen LogP contribution in [-0.2, 0) is 11.3 Å². The lowest BCUT2D eigenvalue weighted by Gasteiger charge is -2.19. The lowest BCUT2D eigenvalue weighted by Crippen LogP contribution is -2.31. The van der Waals surface area contributed by atoms with E-state index in [0.29, 0.717) is 22.5 Å². The van der Waals surface area contributed by atoms with Gasteiger partial charge in [-0.15, -0.1) is 11.8 Å². The largest absolute Gasteiger partial charge is 0.497 e. The number of fused-ring (bicyclic) bond motifs is 1. The van der Waals surface area contributed by atoms with Gasteiger partial charge in [0.15, 0.2) is 5.13 Å². The van der Waals surface area contributed by atoms with Gasteiger partial charge in [-0.2, -0.15) is 0 Å². The number of methoxy groups -OCH3 is 1. The minimum absolute atomic E-state index is 0.0209. The van der Waals surface area contributed by atoms with Crippen LogP contribution in [0.2, 0.25) is 5.02 Å². The highest BCUT2D eigenvalue weighted by Gasteiger charge is 2.21. The fraction of sp³-hybridized carbons (Fsp3) is 0.174. The molecule has 8 heteroatoms. The third-order valence-corrected chi connectivity index (χ3v) is 6.90. The molecule has 0 atom stereocenters. The number of nitrogens with zero attached hydrogens (tertiary/aromatic N) is 3. The second-order valence-electron chi connectivity index (χ2n) is 6.87. The highest BCUT2D eigenvalue weighted by atomic mass is 35.5. The van der Waals surface area contributed by atoms with Crippen LogP contribution in [0.25, 0.3) is 10.2 Å². The monoisotopic (exact) mass is 469 g/mol. The first-order valence-corrected chi connectivity index (χ1v) is 11.7. The van der Waals surface area contributed by atoms with Gasteiger partial charge in [-0.25, -0.2) is 4.98 Å². The van der Waals surface area contributed by atoms with Gasteiger partial charge in [0.2, 0.25) is 5.91 Å². The molecule has 4 rings (SSSR count). The Labute approximate surface area is 194 Å². The molecule has 0 spiro atoms. The zero-order chi connectivity index (χ0) is 21.8. The van der Waals surface area contributed by atoms with E-state index in [2.05, 4.69) is 4.98 Å². The second kappa shape index (κ2) is 9.68. The number of pyridine rings is 1. The number of hydrogen-bond donors (Lipinski definition) is 0. The maximum absolute atomic E-state index is 13.3. The molecule has 0 aliphatic carbocycles. The first-order valence-electron chi connectivity index (χ1n) is 9.56. The zero-order valence-corrected chi connectivity index (χ0v) is 19.4. The van der Waals surface area contributed by atoms with E-state index in [1.165, 1.54) is 23.1 Å². The Morgan fingerprint density at radius 2 is 2.03 bits per heavy atom. The molecule has 2 heterocycles. The molecular weight excluding hydrogens is 450 g/mol. The van der Waals surface area contributed by atoms with Crippen LogP contribution >= 0.6 is 34.7 Å². The average Bonchev–Trinajstić information content (AvgIpc) is 3.21. The molecule has 2 aromatic carbocycles. The highest BCUT2D eigenvalue weighted by molar-refractivity contribution is 8.00. The standard InChI is InChI=1S/C23H20ClN3O2S2/c1-15-10-17(24)11-20-22(15)26-23(31-20)27(13-16-4-3-9-25-12-16)21(28)14-30-19-7-5-18(29-2)6-8-19/h3-12H,13-14H2,1-2H3. The number of ether oxygens (including phenoxy) is 1. The minimum atomic E-state index is -0.0209. The molecule has 0 unspecified atom stereocenters. The number of carbonyl (C=O) groups is 1. The second-order valence-corrected chi connectivity index (χ2v) is 9.37. The maximum atomic E-state index is 13.3. The summed E-state index contributed by atoms with van der Waals surface area (Å²) in [7, 11) is 1.63. The van der Waals surface area contributed by atoms with Crippen molar-refractivity contribution in [3.63, 3.8) is 0 Å². The van der Waals surface area contributed by atoms with E-state index in [1.807, 2.05) is 55.5 Å². The normalized spacial score (nSPS) is 10.9. The van der Waals surface area contributed by atoms with Crippen LogP contribution in [0, 0.1) is 6.92 Å². The van der Waals surface area contributed by atoms with E-state index < -0.39 is 0 Å². The Balaban J connectivity index is 1.60. The van der Waals surface area contributed by atoms with Gasteiger partial charge in [-0.1, -0.05) is 29.0 Å². The smallest absolute Gasteiger partial charge is 0.239 e. The van der Waals surface area contributed by atoms with Crippen molar-refractivity contribution in [3.8, 4) is 5.75 Å². The van der Waals surface area contributed by atoms with Gasteiger partial charge in [0.25, 0.3) is 0 Å². The lowest BCUT2D eigenvalue weighted by atomic mass is 10.2. The summed E-state index contributed by atoms with van der Waals surface area (Å²) in [6, 6.07) is 15.3. The number of aryl methyl sites for hydroxylation is 1. The van der Waals surface area contributed by atoms with Crippen LogP contribution in [0.3, 0.4) is 0 Å². The van der Waals surface area contributed by atoms with Gasteiger partial charge in [-0.3, -0.25) is 14.7 Å². The third-order valence-electron chi connectivity index (χ3n) is 4.66. The summed E-state index contributed by atoms with van der Waals surface area (Å²) in [5.74, 6) is 1.06. The fourth-order valence-electron chi connectivity index (χ4n) is 3.09. The van der Waals surface area contributed by atoms with Crippen LogP contribution in [0.5, 0.6) is 5.75 Å². The summed E-state index contributed by atoms with van der Waals surface area (Å²) in [6.45, 7) is 2.38. The van der Waals surface area contributed by atoms with Gasteiger partial charge in [0, 0.05) is 22.3 Å². The highest BCUT2D eigenvalue weighted by Crippen LogP contribution is 2.34. The van der Waals surface area contributed by atoms with Crippen molar-refractivity contribution in [1.29, 1.82) is 0 Å². The molecule has 0 saturated heterocycles. The Kier molecular flexibility index (Phi) is 6.75. The topological polar surface area (TPSA) is 55.3 Å². The molecular formula is C23H20ClN3O2S2. The van der Waals surface area contributed by atoms with E-state index in [1.54, 1.807) is 24.4 Å². The van der Waals surface area contributed by atoms with Crippen LogP contribution in [0.1, 0.15) is 11.1 Å². The first-order chi connectivity index (χ1) is 15.0. The van der Waals surface area contributed by atoms with Gasteiger partial charge < -0.3 is 4.74 Å². The number of anilines is 1. The van der Waals surface area contributed by atoms with E-state index in [4.69, 9.17) is 21.3 Å². The average molecular weight is 470 g/mol. The number of carbonyl (C=O) groups excluding carboxylic acids is 1. The van der Waals surface area contributed by atoms with E-state index >= 15 is 0 Å². The Morgan fingerprint density at radius 1 is 1.23 bits per heavy atom. The van der Waals surface area contributed by atoms with Crippen molar-refractivity contribution >= 4 is 56.0 Å². The molecule has 5 nitrogen and oxygen atoms in total. The molecule has 0 bridgehead atoms. The molecule has 1 amide bonds. The van der Waals surface area contributed by atoms with Gasteiger partial charge in [-0.05, 0) is 60.5 Å². The molecule has 158 valence electrons. The molecule has 0 aliphatic rings. The van der Waals surface area contributed by atoms with Crippen molar-refractivity contribution < 1.29 is 9.53 Å². The molecule has 0 radical (unpaired) electrons. The molecule has 2 aromatic heterocycles. The maximum Gasteiger partial charge on any atom is 0.239 e. The first kappa shape index (κ1) is 21.6. The number of amides is 1. The van der Waals surface area contributed by atoms with E-state index in [0.717, 1.165) is 32.0 Å². The summed E-state index contributed by atoms with van der Waals surface area (Å²) in [5.41, 5.74) is 2.81. The number of thiazole rings is 1. The molecule has 0 fully saturated rings. The van der Waals surface area contributed by atoms with Crippen LogP contribution in [-0.4, -0.2) is 28.7 Å². The van der Waals surface area contributed by atoms with Crippen LogP contribution in [0.4, 0.5) is 5.13 Å². The predicted octanol–water partition coefficient (Wildman–Crippen LogP) is 5.99. The third kappa shape index (κ3) is 5.18. The number of benzene rings is 2. The van der Waals surface area contributed by atoms with Crippen molar-refractivity contribution in [2.75, 3.05) is 17.8 Å². The van der Waals surface area contributed by atoms with Gasteiger partial charge in [0.1, 0.15) is 5.75 Å². The summed E-state index contributed by atoms with van der Waals surface area (Å²) in [6.07, 6.45) is 3.49. The number of halogens is 1. The number of hydrogen-bond acceptors (Lipinski definition) is 6. The van der Waals surface area contributed by atoms with E-state index in [-0.39, 0.29) is 5.91 Å². The molecule has 0 saturated carbocycles. The molecule has 31 heavy (non-hydrogen) atoms. The fourth-order valence-corrected chi connectivity index (χ4v) is 5.30. The van der Waals surface area contributed by atoms with Crippen molar-refractivity contribution in [1.82, 2.24) is 9.97 Å². The molecule has 0 N–H and O–H groups in total. The Bertz CT molecular complexity index is 1200. The number of aromatic nitrogens is 2. The molecule has 4 aromatic rings. The van der Waals surface area contributed by atoms with Gasteiger partial charge in [0.05, 0.1) is 29.6 Å². The number of rotatable bonds is 7. The van der Waals surface area contributed by atoms with Crippen molar-refractivity contribution in [2.45, 2.75) is 18.4 Å². The Morgan fingerprint density at radius 3 is 2.74 bits per heavy atom. The van der Waals surface area contributed by atoms with Crippen LogP contribution < -0.4 is 9.64 Å². The SMILES string of the molecule is COc1ccc(SCC(=O)N(Cc2cccnc2)c2nc3c(C)cc(Cl)cc3s2)cc1. The molecule has 0 aliphatic heterocycles. The lowest BCUT2D eigenvalue weighted by molar-refractivity contribution is -0.116. The van der Waals surface area contributed by atoms with Crippen molar-refractivity contribution in [2.24, 2.45) is 0 Å². The summed E-state index contributed by atoms with van der Waals surface area (Å²) < 4.78 is 6.16. The zero-order valence-electron chi connectivity index (χ0n) is 17.0. The number of thioether (sulfide) groups is 1. The Hall–Kier alpha value is -2.61. The van der Waals surface area contributed by atoms with Gasteiger partial charge >= 0.3 is 0 Å². The summed E-state index contributed by atoms with van der Waals surface area (Å²) >= 11 is 9.18. The summed E-state index contributed by atoms with van der Waals surface area (Å²) in [5, 5.41) is 1.32. The minimum Gasteiger partial charge on any atom is -0.497 e.